The van der Waals surface area contributed by atoms with Gasteiger partial charge in [0.15, 0.2) is 0 Å². The zero-order chi connectivity index (χ0) is 20.2. The van der Waals surface area contributed by atoms with E-state index in [1.54, 1.807) is 17.0 Å². The van der Waals surface area contributed by atoms with Crippen LogP contribution in [0.15, 0.2) is 24.3 Å². The lowest BCUT2D eigenvalue weighted by atomic mass is 10.1. The van der Waals surface area contributed by atoms with Gasteiger partial charge in [-0.3, -0.25) is 19.4 Å². The molecule has 2 heterocycles. The molecule has 3 fully saturated rings. The van der Waals surface area contributed by atoms with Gasteiger partial charge in [0.25, 0.3) is 5.91 Å². The molecule has 0 N–H and O–H groups in total. The molecule has 1 aromatic carbocycles. The summed E-state index contributed by atoms with van der Waals surface area (Å²) in [4.78, 5) is 33.6. The molecule has 3 aliphatic rings. The average Bonchev–Trinajstić information content (AvgIpc) is 3.29. The first-order chi connectivity index (χ1) is 14.1. The minimum absolute atomic E-state index is 0.122. The van der Waals surface area contributed by atoms with Crippen LogP contribution in [0.2, 0.25) is 0 Å². The Hall–Kier alpha value is -1.99. The second kappa shape index (κ2) is 9.22. The van der Waals surface area contributed by atoms with Crippen LogP contribution in [0.3, 0.4) is 0 Å². The van der Waals surface area contributed by atoms with Gasteiger partial charge in [-0.2, -0.15) is 0 Å². The van der Waals surface area contributed by atoms with Crippen LogP contribution in [0, 0.1) is 5.82 Å². The van der Waals surface area contributed by atoms with Crippen molar-refractivity contribution in [2.24, 2.45) is 0 Å². The minimum Gasteiger partial charge on any atom is -0.339 e. The fourth-order valence-electron chi connectivity index (χ4n) is 4.81. The summed E-state index contributed by atoms with van der Waals surface area (Å²) in [5.41, 5.74) is 0.122. The van der Waals surface area contributed by atoms with E-state index in [0.29, 0.717) is 32.7 Å². The molecule has 0 bridgehead atoms. The smallest absolute Gasteiger partial charge is 0.256 e. The Labute approximate surface area is 172 Å². The summed E-state index contributed by atoms with van der Waals surface area (Å²) in [5, 5.41) is 0. The summed E-state index contributed by atoms with van der Waals surface area (Å²) in [6.45, 7) is 6.36. The molecule has 0 atom stereocenters. The first-order valence-electron chi connectivity index (χ1n) is 10.9. The summed E-state index contributed by atoms with van der Waals surface area (Å²) in [6.07, 6.45) is 5.30. The van der Waals surface area contributed by atoms with Gasteiger partial charge < -0.3 is 9.80 Å². The highest BCUT2D eigenvalue weighted by atomic mass is 19.1. The molecule has 6 nitrogen and oxygen atoms in total. The highest BCUT2D eigenvalue weighted by Gasteiger charge is 2.29. The molecule has 0 aromatic heterocycles. The van der Waals surface area contributed by atoms with Crippen LogP contribution in [-0.2, 0) is 4.79 Å². The Balaban J connectivity index is 1.21. The summed E-state index contributed by atoms with van der Waals surface area (Å²) in [7, 11) is 0. The van der Waals surface area contributed by atoms with Crippen LogP contribution in [0.1, 0.15) is 36.0 Å². The predicted octanol–water partition coefficient (Wildman–Crippen LogP) is 1.67. The van der Waals surface area contributed by atoms with Crippen LogP contribution >= 0.6 is 0 Å². The van der Waals surface area contributed by atoms with Gasteiger partial charge in [-0.25, -0.2) is 4.39 Å². The first kappa shape index (κ1) is 20.3. The Bertz CT molecular complexity index is 721. The third kappa shape index (κ3) is 4.78. The molecule has 2 amide bonds. The highest BCUT2D eigenvalue weighted by molar-refractivity contribution is 5.94. The van der Waals surface area contributed by atoms with Crippen molar-refractivity contribution in [2.75, 3.05) is 58.9 Å². The minimum atomic E-state index is -0.480. The first-order valence-corrected chi connectivity index (χ1v) is 10.9. The number of hydrogen-bond donors (Lipinski definition) is 0. The summed E-state index contributed by atoms with van der Waals surface area (Å²) in [6, 6.07) is 6.83. The number of carbonyl (C=O) groups excluding carboxylic acids is 2. The molecule has 158 valence electrons. The second-order valence-corrected chi connectivity index (χ2v) is 8.40. The molecule has 2 aliphatic heterocycles. The maximum absolute atomic E-state index is 13.9. The molecule has 1 aliphatic carbocycles. The fraction of sp³-hybridized carbons (Fsp3) is 0.636. The topological polar surface area (TPSA) is 47.1 Å². The van der Waals surface area contributed by atoms with Gasteiger partial charge in [0.1, 0.15) is 5.82 Å². The standard InChI is InChI=1S/C22H31FN4O2/c23-20-8-4-3-7-19(20)22(29)27-11-9-24(10-12-27)17-21(28)26-15-13-25(14-16-26)18-5-1-2-6-18/h3-4,7-8,18H,1-2,5-6,9-17H2. The van der Waals surface area contributed by atoms with Gasteiger partial charge in [0.2, 0.25) is 5.91 Å². The van der Waals surface area contributed by atoms with Gasteiger partial charge >= 0.3 is 0 Å². The summed E-state index contributed by atoms with van der Waals surface area (Å²) < 4.78 is 13.9. The summed E-state index contributed by atoms with van der Waals surface area (Å²) in [5.74, 6) is -0.561. The van der Waals surface area contributed by atoms with Gasteiger partial charge in [-0.05, 0) is 25.0 Å². The number of carbonyl (C=O) groups is 2. The largest absolute Gasteiger partial charge is 0.339 e. The molecule has 1 aromatic rings. The van der Waals surface area contributed by atoms with Crippen molar-refractivity contribution in [3.63, 3.8) is 0 Å². The van der Waals surface area contributed by atoms with E-state index >= 15 is 0 Å². The molecule has 1 saturated carbocycles. The molecule has 29 heavy (non-hydrogen) atoms. The van der Waals surface area contributed by atoms with Crippen molar-refractivity contribution < 1.29 is 14.0 Å². The highest BCUT2D eigenvalue weighted by Crippen LogP contribution is 2.24. The Morgan fingerprint density at radius 1 is 0.862 bits per heavy atom. The van der Waals surface area contributed by atoms with Crippen molar-refractivity contribution in [2.45, 2.75) is 31.7 Å². The van der Waals surface area contributed by atoms with E-state index in [2.05, 4.69) is 9.80 Å². The molecular weight excluding hydrogens is 371 g/mol. The van der Waals surface area contributed by atoms with E-state index in [0.717, 1.165) is 32.2 Å². The SMILES string of the molecule is O=C(CN1CCN(C(=O)c2ccccc2F)CC1)N1CCN(C2CCCC2)CC1. The lowest BCUT2D eigenvalue weighted by Crippen LogP contribution is -2.55. The Morgan fingerprint density at radius 3 is 2.14 bits per heavy atom. The third-order valence-corrected chi connectivity index (χ3v) is 6.63. The number of nitrogens with zero attached hydrogens (tertiary/aromatic N) is 4. The van der Waals surface area contributed by atoms with E-state index in [4.69, 9.17) is 0 Å². The average molecular weight is 403 g/mol. The molecule has 7 heteroatoms. The van der Waals surface area contributed by atoms with Crippen LogP contribution < -0.4 is 0 Å². The van der Waals surface area contributed by atoms with E-state index < -0.39 is 5.82 Å². The van der Waals surface area contributed by atoms with Crippen molar-refractivity contribution in [1.29, 1.82) is 0 Å². The number of amides is 2. The molecule has 0 spiro atoms. The molecule has 0 radical (unpaired) electrons. The van der Waals surface area contributed by atoms with Crippen molar-refractivity contribution in [3.8, 4) is 0 Å². The van der Waals surface area contributed by atoms with Gasteiger partial charge in [-0.1, -0.05) is 25.0 Å². The molecule has 0 unspecified atom stereocenters. The van der Waals surface area contributed by atoms with Crippen molar-refractivity contribution in [3.05, 3.63) is 35.6 Å². The van der Waals surface area contributed by atoms with E-state index in [9.17, 15) is 14.0 Å². The van der Waals surface area contributed by atoms with Crippen LogP contribution in [0.4, 0.5) is 4.39 Å². The van der Waals surface area contributed by atoms with Crippen LogP contribution in [-0.4, -0.2) is 96.4 Å². The molecule has 4 rings (SSSR count). The predicted molar refractivity (Wildman–Crippen MR) is 109 cm³/mol. The second-order valence-electron chi connectivity index (χ2n) is 8.40. The number of halogens is 1. The van der Waals surface area contributed by atoms with E-state index in [1.165, 1.54) is 37.8 Å². The number of benzene rings is 1. The lowest BCUT2D eigenvalue weighted by molar-refractivity contribution is -0.134. The van der Waals surface area contributed by atoms with Gasteiger partial charge in [0, 0.05) is 58.4 Å². The maximum atomic E-state index is 13.9. The lowest BCUT2D eigenvalue weighted by Gasteiger charge is -2.39. The third-order valence-electron chi connectivity index (χ3n) is 6.63. The zero-order valence-electron chi connectivity index (χ0n) is 17.1. The normalized spacial score (nSPS) is 22.2. The number of hydrogen-bond acceptors (Lipinski definition) is 4. The number of piperazine rings is 2. The summed E-state index contributed by atoms with van der Waals surface area (Å²) >= 11 is 0. The van der Waals surface area contributed by atoms with E-state index in [1.807, 2.05) is 4.90 Å². The number of rotatable bonds is 4. The van der Waals surface area contributed by atoms with Gasteiger partial charge in [-0.15, -0.1) is 0 Å². The Morgan fingerprint density at radius 2 is 1.48 bits per heavy atom. The molecule has 2 saturated heterocycles. The monoisotopic (exact) mass is 402 g/mol. The fourth-order valence-corrected chi connectivity index (χ4v) is 4.81. The van der Waals surface area contributed by atoms with Crippen LogP contribution in [0.5, 0.6) is 0 Å². The van der Waals surface area contributed by atoms with Crippen molar-refractivity contribution >= 4 is 11.8 Å². The quantitative estimate of drug-likeness (QED) is 0.769. The Kier molecular flexibility index (Phi) is 6.45. The van der Waals surface area contributed by atoms with E-state index in [-0.39, 0.29) is 17.4 Å². The molecular formula is C22H31FN4O2. The van der Waals surface area contributed by atoms with Crippen molar-refractivity contribution in [1.82, 2.24) is 19.6 Å². The van der Waals surface area contributed by atoms with Gasteiger partial charge in [0.05, 0.1) is 12.1 Å². The van der Waals surface area contributed by atoms with Crippen LogP contribution in [0.25, 0.3) is 0 Å². The zero-order valence-corrected chi connectivity index (χ0v) is 17.1. The maximum Gasteiger partial charge on any atom is 0.256 e.